The van der Waals surface area contributed by atoms with Gasteiger partial charge in [0.15, 0.2) is 11.6 Å². The van der Waals surface area contributed by atoms with Crippen molar-refractivity contribution in [1.82, 2.24) is 9.97 Å². The highest BCUT2D eigenvalue weighted by Crippen LogP contribution is 2.27. The summed E-state index contributed by atoms with van der Waals surface area (Å²) in [6.07, 6.45) is 1.16. The summed E-state index contributed by atoms with van der Waals surface area (Å²) in [5, 5.41) is 2.96. The minimum atomic E-state index is -0.475. The van der Waals surface area contributed by atoms with Crippen LogP contribution >= 0.6 is 0 Å². The van der Waals surface area contributed by atoms with Crippen LogP contribution in [0.2, 0.25) is 0 Å². The first-order valence-electron chi connectivity index (χ1n) is 6.30. The van der Waals surface area contributed by atoms with Crippen molar-refractivity contribution in [1.29, 1.82) is 0 Å². The summed E-state index contributed by atoms with van der Waals surface area (Å²) in [5.41, 5.74) is 0.782. The minimum Gasteiger partial charge on any atom is -0.497 e. The van der Waals surface area contributed by atoms with Crippen LogP contribution in [0.25, 0.3) is 0 Å². The van der Waals surface area contributed by atoms with Gasteiger partial charge in [-0.3, -0.25) is 0 Å². The molecule has 0 aliphatic carbocycles. The Bertz CT molecular complexity index is 591. The van der Waals surface area contributed by atoms with Gasteiger partial charge in [0.2, 0.25) is 5.95 Å². The third kappa shape index (κ3) is 2.96. The SMILES string of the molecule is CCNc1ncc(F)c(N(C)c2cccc(OC)c2)n1. The van der Waals surface area contributed by atoms with Crippen LogP contribution in [-0.2, 0) is 0 Å². The smallest absolute Gasteiger partial charge is 0.224 e. The number of aromatic nitrogens is 2. The van der Waals surface area contributed by atoms with Crippen LogP contribution in [0.3, 0.4) is 0 Å². The molecule has 1 aromatic carbocycles. The lowest BCUT2D eigenvalue weighted by atomic mass is 10.2. The monoisotopic (exact) mass is 276 g/mol. The van der Waals surface area contributed by atoms with E-state index in [0.29, 0.717) is 18.2 Å². The van der Waals surface area contributed by atoms with E-state index in [1.807, 2.05) is 31.2 Å². The Morgan fingerprint density at radius 3 is 2.90 bits per heavy atom. The van der Waals surface area contributed by atoms with Gasteiger partial charge in [-0.05, 0) is 19.1 Å². The number of benzene rings is 1. The zero-order valence-electron chi connectivity index (χ0n) is 11.7. The molecule has 0 radical (unpaired) electrons. The van der Waals surface area contributed by atoms with Crippen molar-refractivity contribution in [2.75, 3.05) is 30.9 Å². The van der Waals surface area contributed by atoms with Crippen molar-refractivity contribution >= 4 is 17.5 Å². The Balaban J connectivity index is 2.36. The van der Waals surface area contributed by atoms with Crippen molar-refractivity contribution in [3.8, 4) is 5.75 Å². The van der Waals surface area contributed by atoms with E-state index in [-0.39, 0.29) is 5.82 Å². The van der Waals surface area contributed by atoms with E-state index in [4.69, 9.17) is 4.74 Å². The normalized spacial score (nSPS) is 10.2. The molecule has 106 valence electrons. The Labute approximate surface area is 117 Å². The molecule has 2 rings (SSSR count). The molecule has 20 heavy (non-hydrogen) atoms. The molecule has 1 aromatic heterocycles. The van der Waals surface area contributed by atoms with Gasteiger partial charge in [-0.25, -0.2) is 9.37 Å². The van der Waals surface area contributed by atoms with E-state index in [1.165, 1.54) is 0 Å². The average Bonchev–Trinajstić information content (AvgIpc) is 2.49. The first kappa shape index (κ1) is 14.0. The number of nitrogens with one attached hydrogen (secondary N) is 1. The number of nitrogens with zero attached hydrogens (tertiary/aromatic N) is 3. The molecule has 0 saturated heterocycles. The summed E-state index contributed by atoms with van der Waals surface area (Å²) in [6, 6.07) is 7.35. The number of hydrogen-bond donors (Lipinski definition) is 1. The molecule has 0 aliphatic rings. The average molecular weight is 276 g/mol. The summed E-state index contributed by atoms with van der Waals surface area (Å²) < 4.78 is 19.1. The fraction of sp³-hybridized carbons (Fsp3) is 0.286. The van der Waals surface area contributed by atoms with Crippen LogP contribution in [0, 0.1) is 5.82 Å². The van der Waals surface area contributed by atoms with Crippen LogP contribution in [0.1, 0.15) is 6.92 Å². The second-order valence-corrected chi connectivity index (χ2v) is 4.16. The molecule has 0 atom stereocenters. The van der Waals surface area contributed by atoms with Gasteiger partial charge in [0.25, 0.3) is 0 Å². The molecule has 0 amide bonds. The standard InChI is InChI=1S/C14H17FN4O/c1-4-16-14-17-9-12(15)13(18-14)19(2)10-6-5-7-11(8-10)20-3/h5-9H,4H2,1-3H3,(H,16,17,18). The lowest BCUT2D eigenvalue weighted by Gasteiger charge is -2.19. The summed E-state index contributed by atoms with van der Waals surface area (Å²) in [4.78, 5) is 9.72. The van der Waals surface area contributed by atoms with Crippen molar-refractivity contribution in [2.24, 2.45) is 0 Å². The van der Waals surface area contributed by atoms with Gasteiger partial charge in [0.05, 0.1) is 13.3 Å². The van der Waals surface area contributed by atoms with Crippen molar-refractivity contribution in [3.63, 3.8) is 0 Å². The van der Waals surface area contributed by atoms with E-state index < -0.39 is 5.82 Å². The van der Waals surface area contributed by atoms with E-state index >= 15 is 0 Å². The molecular weight excluding hydrogens is 259 g/mol. The Morgan fingerprint density at radius 2 is 2.20 bits per heavy atom. The summed E-state index contributed by atoms with van der Waals surface area (Å²) in [5.74, 6) is 0.843. The number of halogens is 1. The van der Waals surface area contributed by atoms with Crippen molar-refractivity contribution in [3.05, 3.63) is 36.3 Å². The van der Waals surface area contributed by atoms with Crippen LogP contribution < -0.4 is 15.0 Å². The largest absolute Gasteiger partial charge is 0.497 e. The third-order valence-corrected chi connectivity index (χ3v) is 2.82. The van der Waals surface area contributed by atoms with Gasteiger partial charge in [-0.2, -0.15) is 4.98 Å². The second kappa shape index (κ2) is 6.18. The zero-order valence-corrected chi connectivity index (χ0v) is 11.7. The molecule has 1 heterocycles. The predicted octanol–water partition coefficient (Wildman–Crippen LogP) is 2.82. The highest BCUT2D eigenvalue weighted by atomic mass is 19.1. The van der Waals surface area contributed by atoms with Crippen molar-refractivity contribution < 1.29 is 9.13 Å². The minimum absolute atomic E-state index is 0.212. The number of anilines is 3. The summed E-state index contributed by atoms with van der Waals surface area (Å²) in [7, 11) is 3.34. The van der Waals surface area contributed by atoms with Gasteiger partial charge >= 0.3 is 0 Å². The lowest BCUT2D eigenvalue weighted by Crippen LogP contribution is -2.15. The zero-order chi connectivity index (χ0) is 14.5. The molecule has 1 N–H and O–H groups in total. The Hall–Kier alpha value is -2.37. The summed E-state index contributed by atoms with van der Waals surface area (Å²) >= 11 is 0. The van der Waals surface area contributed by atoms with E-state index in [1.54, 1.807) is 19.1 Å². The van der Waals surface area contributed by atoms with Gasteiger partial charge in [0.1, 0.15) is 5.75 Å². The molecule has 0 unspecified atom stereocenters. The van der Waals surface area contributed by atoms with E-state index in [2.05, 4.69) is 15.3 Å². The third-order valence-electron chi connectivity index (χ3n) is 2.82. The van der Waals surface area contributed by atoms with Crippen LogP contribution in [0.4, 0.5) is 21.8 Å². The molecule has 0 saturated carbocycles. The fourth-order valence-corrected chi connectivity index (χ4v) is 1.78. The highest BCUT2D eigenvalue weighted by Gasteiger charge is 2.13. The quantitative estimate of drug-likeness (QED) is 0.910. The van der Waals surface area contributed by atoms with Crippen molar-refractivity contribution in [2.45, 2.75) is 6.92 Å². The molecule has 0 spiro atoms. The van der Waals surface area contributed by atoms with Gasteiger partial charge in [-0.1, -0.05) is 6.07 Å². The highest BCUT2D eigenvalue weighted by molar-refractivity contribution is 5.62. The molecule has 2 aromatic rings. The predicted molar refractivity (Wildman–Crippen MR) is 77.2 cm³/mol. The molecule has 6 heteroatoms. The van der Waals surface area contributed by atoms with Crippen LogP contribution in [0.5, 0.6) is 5.75 Å². The van der Waals surface area contributed by atoms with Gasteiger partial charge in [0, 0.05) is 25.3 Å². The maximum Gasteiger partial charge on any atom is 0.224 e. The molecular formula is C14H17FN4O. The van der Waals surface area contributed by atoms with E-state index in [9.17, 15) is 4.39 Å². The maximum atomic E-state index is 13.9. The Kier molecular flexibility index (Phi) is 4.34. The number of methoxy groups -OCH3 is 1. The molecule has 0 aliphatic heterocycles. The number of ether oxygens (including phenoxy) is 1. The lowest BCUT2D eigenvalue weighted by molar-refractivity contribution is 0.415. The first-order chi connectivity index (χ1) is 9.65. The molecule has 0 bridgehead atoms. The van der Waals surface area contributed by atoms with Crippen LogP contribution in [0.15, 0.2) is 30.5 Å². The molecule has 0 fully saturated rings. The van der Waals surface area contributed by atoms with Gasteiger partial charge < -0.3 is 15.0 Å². The first-order valence-corrected chi connectivity index (χ1v) is 6.30. The van der Waals surface area contributed by atoms with E-state index in [0.717, 1.165) is 11.9 Å². The molecule has 5 nitrogen and oxygen atoms in total. The Morgan fingerprint density at radius 1 is 1.40 bits per heavy atom. The topological polar surface area (TPSA) is 50.3 Å². The van der Waals surface area contributed by atoms with Gasteiger partial charge in [-0.15, -0.1) is 0 Å². The fourth-order valence-electron chi connectivity index (χ4n) is 1.78. The summed E-state index contributed by atoms with van der Waals surface area (Å²) in [6.45, 7) is 2.60. The van der Waals surface area contributed by atoms with Crippen LogP contribution in [-0.4, -0.2) is 30.7 Å². The number of hydrogen-bond acceptors (Lipinski definition) is 5. The second-order valence-electron chi connectivity index (χ2n) is 4.16. The number of rotatable bonds is 5. The maximum absolute atomic E-state index is 13.9.